The molecule has 0 aromatic carbocycles. The topological polar surface area (TPSA) is 62.2 Å². The van der Waals surface area contributed by atoms with Gasteiger partial charge in [0.1, 0.15) is 5.82 Å². The highest BCUT2D eigenvalue weighted by Gasteiger charge is 2.10. The van der Waals surface area contributed by atoms with Gasteiger partial charge in [-0.2, -0.15) is 0 Å². The number of nitrogens with one attached hydrogen (secondary N) is 1. The van der Waals surface area contributed by atoms with Gasteiger partial charge in [-0.15, -0.1) is 0 Å². The van der Waals surface area contributed by atoms with E-state index in [4.69, 9.17) is 5.11 Å². The fourth-order valence-electron chi connectivity index (χ4n) is 1.45. The van der Waals surface area contributed by atoms with Crippen molar-refractivity contribution in [3.05, 3.63) is 23.4 Å². The second-order valence-electron chi connectivity index (χ2n) is 4.41. The minimum absolute atomic E-state index is 0.223. The first-order valence-corrected chi connectivity index (χ1v) is 6.03. The molecule has 1 heterocycles. The van der Waals surface area contributed by atoms with E-state index in [1.54, 1.807) is 12.1 Å². The zero-order chi connectivity index (χ0) is 12.8. The highest BCUT2D eigenvalue weighted by atomic mass is 16.4. The van der Waals surface area contributed by atoms with Crippen LogP contribution in [0.2, 0.25) is 0 Å². The van der Waals surface area contributed by atoms with Gasteiger partial charge < -0.3 is 10.4 Å². The van der Waals surface area contributed by atoms with Gasteiger partial charge in [0.25, 0.3) is 0 Å². The van der Waals surface area contributed by atoms with Gasteiger partial charge in [0.05, 0.1) is 5.56 Å². The Morgan fingerprint density at radius 1 is 1.47 bits per heavy atom. The summed E-state index contributed by atoms with van der Waals surface area (Å²) in [5, 5.41) is 12.2. The smallest absolute Gasteiger partial charge is 0.335 e. The van der Waals surface area contributed by atoms with E-state index < -0.39 is 5.97 Å². The molecule has 0 unspecified atom stereocenters. The summed E-state index contributed by atoms with van der Waals surface area (Å²) in [6, 6.07) is 3.22. The van der Waals surface area contributed by atoms with Crippen LogP contribution in [0.25, 0.3) is 0 Å². The first kappa shape index (κ1) is 13.5. The Balaban J connectivity index is 2.91. The first-order valence-electron chi connectivity index (χ1n) is 6.03. The zero-order valence-corrected chi connectivity index (χ0v) is 10.7. The number of carbonyl (C=O) groups is 1. The SMILES string of the molecule is CCCCNc1cc(C(=O)O)cc(C(C)C)n1. The minimum Gasteiger partial charge on any atom is -0.478 e. The molecule has 0 atom stereocenters. The highest BCUT2D eigenvalue weighted by Crippen LogP contribution is 2.17. The maximum absolute atomic E-state index is 11.0. The third-order valence-electron chi connectivity index (χ3n) is 2.52. The van der Waals surface area contributed by atoms with E-state index in [1.807, 2.05) is 13.8 Å². The summed E-state index contributed by atoms with van der Waals surface area (Å²) < 4.78 is 0. The Morgan fingerprint density at radius 2 is 2.18 bits per heavy atom. The van der Waals surface area contributed by atoms with Crippen molar-refractivity contribution >= 4 is 11.8 Å². The van der Waals surface area contributed by atoms with Crippen LogP contribution in [-0.2, 0) is 0 Å². The van der Waals surface area contributed by atoms with Crippen LogP contribution in [0.15, 0.2) is 12.1 Å². The molecule has 1 aromatic heterocycles. The molecule has 0 aliphatic rings. The lowest BCUT2D eigenvalue weighted by molar-refractivity contribution is 0.0696. The molecular weight excluding hydrogens is 216 g/mol. The van der Waals surface area contributed by atoms with Crippen molar-refractivity contribution < 1.29 is 9.90 Å². The van der Waals surface area contributed by atoms with Gasteiger partial charge >= 0.3 is 5.97 Å². The third-order valence-corrected chi connectivity index (χ3v) is 2.52. The molecule has 0 amide bonds. The van der Waals surface area contributed by atoms with E-state index in [0.717, 1.165) is 25.1 Å². The first-order chi connectivity index (χ1) is 8.04. The second-order valence-corrected chi connectivity index (χ2v) is 4.41. The van der Waals surface area contributed by atoms with E-state index in [0.29, 0.717) is 11.4 Å². The van der Waals surface area contributed by atoms with Crippen molar-refractivity contribution in [1.82, 2.24) is 4.98 Å². The van der Waals surface area contributed by atoms with Gasteiger partial charge in [-0.1, -0.05) is 27.2 Å². The molecule has 0 aliphatic carbocycles. The number of unbranched alkanes of at least 4 members (excludes halogenated alkanes) is 1. The Morgan fingerprint density at radius 3 is 2.71 bits per heavy atom. The normalized spacial score (nSPS) is 10.6. The summed E-state index contributed by atoms with van der Waals surface area (Å²) in [7, 11) is 0. The fourth-order valence-corrected chi connectivity index (χ4v) is 1.45. The van der Waals surface area contributed by atoms with Gasteiger partial charge in [-0.25, -0.2) is 9.78 Å². The monoisotopic (exact) mass is 236 g/mol. The number of nitrogens with zero attached hydrogens (tertiary/aromatic N) is 1. The predicted octanol–water partition coefficient (Wildman–Crippen LogP) is 3.12. The quantitative estimate of drug-likeness (QED) is 0.745. The van der Waals surface area contributed by atoms with Gasteiger partial charge in [0, 0.05) is 12.2 Å². The number of hydrogen-bond acceptors (Lipinski definition) is 3. The number of hydrogen-bond donors (Lipinski definition) is 2. The number of carboxylic acids is 1. The summed E-state index contributed by atoms with van der Waals surface area (Å²) in [4.78, 5) is 15.4. The number of anilines is 1. The molecule has 1 rings (SSSR count). The number of aromatic carboxylic acids is 1. The molecule has 1 aromatic rings. The van der Waals surface area contributed by atoms with Gasteiger partial charge in [0.15, 0.2) is 0 Å². The van der Waals surface area contributed by atoms with Crippen LogP contribution in [0.1, 0.15) is 55.6 Å². The number of aromatic nitrogens is 1. The summed E-state index contributed by atoms with van der Waals surface area (Å²) >= 11 is 0. The Labute approximate surface area is 102 Å². The standard InChI is InChI=1S/C13H20N2O2/c1-4-5-6-14-12-8-10(13(16)17)7-11(15-12)9(2)3/h7-9H,4-6H2,1-3H3,(H,14,15)(H,16,17). The van der Waals surface area contributed by atoms with Crippen molar-refractivity contribution in [2.75, 3.05) is 11.9 Å². The lowest BCUT2D eigenvalue weighted by Crippen LogP contribution is -2.08. The summed E-state index contributed by atoms with van der Waals surface area (Å²) in [5.41, 5.74) is 1.10. The number of carboxylic acid groups (broad SMARTS) is 1. The maximum atomic E-state index is 11.0. The lowest BCUT2D eigenvalue weighted by atomic mass is 10.1. The predicted molar refractivity (Wildman–Crippen MR) is 68.7 cm³/mol. The van der Waals surface area contributed by atoms with Crippen LogP contribution >= 0.6 is 0 Å². The van der Waals surface area contributed by atoms with Crippen LogP contribution in [0, 0.1) is 0 Å². The molecule has 0 saturated heterocycles. The molecule has 0 aliphatic heterocycles. The van der Waals surface area contributed by atoms with Crippen molar-refractivity contribution in [3.63, 3.8) is 0 Å². The maximum Gasteiger partial charge on any atom is 0.335 e. The molecule has 0 spiro atoms. The molecule has 4 nitrogen and oxygen atoms in total. The Bertz CT molecular complexity index is 389. The molecule has 0 fully saturated rings. The Hall–Kier alpha value is -1.58. The Kier molecular flexibility index (Phi) is 4.94. The highest BCUT2D eigenvalue weighted by molar-refractivity contribution is 5.88. The second kappa shape index (κ2) is 6.23. The molecule has 4 heteroatoms. The third kappa shape index (κ3) is 4.06. The molecule has 0 radical (unpaired) electrons. The average Bonchev–Trinajstić information content (AvgIpc) is 2.29. The molecule has 94 valence electrons. The fraction of sp³-hybridized carbons (Fsp3) is 0.538. The van der Waals surface area contributed by atoms with E-state index in [2.05, 4.69) is 17.2 Å². The molecular formula is C13H20N2O2. The molecule has 0 bridgehead atoms. The van der Waals surface area contributed by atoms with E-state index in [1.165, 1.54) is 0 Å². The van der Waals surface area contributed by atoms with Crippen molar-refractivity contribution in [1.29, 1.82) is 0 Å². The zero-order valence-electron chi connectivity index (χ0n) is 10.7. The molecule has 0 saturated carbocycles. The van der Waals surface area contributed by atoms with Gasteiger partial charge in [-0.3, -0.25) is 0 Å². The van der Waals surface area contributed by atoms with Gasteiger partial charge in [-0.05, 0) is 24.5 Å². The van der Waals surface area contributed by atoms with E-state index in [9.17, 15) is 4.79 Å². The molecule has 17 heavy (non-hydrogen) atoms. The number of rotatable bonds is 6. The van der Waals surface area contributed by atoms with Crippen molar-refractivity contribution in [2.24, 2.45) is 0 Å². The van der Waals surface area contributed by atoms with Crippen LogP contribution in [0.4, 0.5) is 5.82 Å². The van der Waals surface area contributed by atoms with E-state index >= 15 is 0 Å². The summed E-state index contributed by atoms with van der Waals surface area (Å²) in [6.07, 6.45) is 2.15. The van der Waals surface area contributed by atoms with Gasteiger partial charge in [0.2, 0.25) is 0 Å². The average molecular weight is 236 g/mol. The number of pyridine rings is 1. The minimum atomic E-state index is -0.909. The summed E-state index contributed by atoms with van der Waals surface area (Å²) in [6.45, 7) is 6.94. The molecule has 2 N–H and O–H groups in total. The van der Waals surface area contributed by atoms with Crippen LogP contribution in [0.3, 0.4) is 0 Å². The van der Waals surface area contributed by atoms with Crippen LogP contribution < -0.4 is 5.32 Å². The van der Waals surface area contributed by atoms with Crippen LogP contribution in [-0.4, -0.2) is 22.6 Å². The summed E-state index contributed by atoms with van der Waals surface area (Å²) in [5.74, 6) is -0.0316. The lowest BCUT2D eigenvalue weighted by Gasteiger charge is -2.10. The van der Waals surface area contributed by atoms with Crippen molar-refractivity contribution in [2.45, 2.75) is 39.5 Å². The van der Waals surface area contributed by atoms with E-state index in [-0.39, 0.29) is 5.92 Å². The van der Waals surface area contributed by atoms with Crippen LogP contribution in [0.5, 0.6) is 0 Å². The largest absolute Gasteiger partial charge is 0.478 e. The van der Waals surface area contributed by atoms with Crippen molar-refractivity contribution in [3.8, 4) is 0 Å².